The summed E-state index contributed by atoms with van der Waals surface area (Å²) >= 11 is 8.31. The molecular formula is C24H28N10O10P2S2. The zero-order valence-corrected chi connectivity index (χ0v) is 28.0. The Morgan fingerprint density at radius 2 is 1.15 bits per heavy atom. The molecule has 24 heteroatoms. The van der Waals surface area contributed by atoms with E-state index in [9.17, 15) is 19.3 Å². The molecule has 4 N–H and O–H groups in total. The van der Waals surface area contributed by atoms with Gasteiger partial charge in [0.15, 0.2) is 46.4 Å². The Morgan fingerprint density at radius 1 is 0.708 bits per heavy atom. The maximum Gasteiger partial charge on any atom is 0.386 e. The smallest absolute Gasteiger partial charge is 0.386 e. The number of imidazole rings is 2. The van der Waals surface area contributed by atoms with Crippen LogP contribution in [0.5, 0.6) is 0 Å². The molecule has 0 aromatic carbocycles. The Bertz CT molecular complexity index is 1850. The molecule has 4 unspecified atom stereocenters. The molecule has 20 nitrogen and oxygen atoms in total. The van der Waals surface area contributed by atoms with Crippen LogP contribution in [0.25, 0.3) is 22.3 Å². The molecule has 9 rings (SSSR count). The Labute approximate surface area is 281 Å². The average molecular weight is 743 g/mol. The lowest BCUT2D eigenvalue weighted by molar-refractivity contribution is -0.0584. The van der Waals surface area contributed by atoms with E-state index in [1.165, 1.54) is 34.4 Å². The molecule has 0 amide bonds. The molecule has 3 fully saturated rings. The fourth-order valence-corrected chi connectivity index (χ4v) is 8.82. The zero-order valence-electron chi connectivity index (χ0n) is 24.4. The van der Waals surface area contributed by atoms with Crippen molar-refractivity contribution < 1.29 is 46.9 Å². The Balaban J connectivity index is 1.25. The number of anilines is 2. The molecule has 0 aliphatic carbocycles. The van der Waals surface area contributed by atoms with Crippen LogP contribution in [0.1, 0.15) is 12.5 Å². The van der Waals surface area contributed by atoms with Crippen molar-refractivity contribution in [3.8, 4) is 0 Å². The lowest BCUT2D eigenvalue weighted by Gasteiger charge is -2.26. The normalized spacial score (nSPS) is 38.0. The van der Waals surface area contributed by atoms with Crippen molar-refractivity contribution in [2.45, 2.75) is 49.1 Å². The summed E-state index contributed by atoms with van der Waals surface area (Å²) in [6, 6.07) is 0. The van der Waals surface area contributed by atoms with Gasteiger partial charge in [-0.3, -0.25) is 27.2 Å². The van der Waals surface area contributed by atoms with E-state index < -0.39 is 75.9 Å². The summed E-state index contributed by atoms with van der Waals surface area (Å²) in [7, 11) is 0. The van der Waals surface area contributed by atoms with Gasteiger partial charge < -0.3 is 30.3 Å². The van der Waals surface area contributed by atoms with Gasteiger partial charge in [-0.1, -0.05) is 36.6 Å². The first-order valence-corrected chi connectivity index (χ1v) is 19.9. The summed E-state index contributed by atoms with van der Waals surface area (Å²) in [4.78, 5) is 26.2. The summed E-state index contributed by atoms with van der Waals surface area (Å²) in [5.41, 5.74) is 1.34. The quantitative estimate of drug-likeness (QED) is 0.0849. The lowest BCUT2D eigenvalue weighted by Crippen LogP contribution is -2.37. The highest BCUT2D eigenvalue weighted by Gasteiger charge is 2.53. The van der Waals surface area contributed by atoms with Crippen LogP contribution in [0.2, 0.25) is 0 Å². The van der Waals surface area contributed by atoms with Gasteiger partial charge in [0.2, 0.25) is 0 Å². The van der Waals surface area contributed by atoms with Gasteiger partial charge in [-0.05, 0) is 0 Å². The van der Waals surface area contributed by atoms with Gasteiger partial charge in [0.25, 0.3) is 0 Å². The van der Waals surface area contributed by atoms with Gasteiger partial charge in [-0.2, -0.15) is 0 Å². The van der Waals surface area contributed by atoms with Crippen LogP contribution in [-0.4, -0.2) is 112 Å². The van der Waals surface area contributed by atoms with E-state index in [0.29, 0.717) is 47.1 Å². The molecule has 4 aromatic rings. The van der Waals surface area contributed by atoms with Crippen molar-refractivity contribution in [3.05, 3.63) is 37.5 Å². The van der Waals surface area contributed by atoms with Crippen molar-refractivity contribution in [1.29, 1.82) is 0 Å². The highest BCUT2D eigenvalue weighted by molar-refractivity contribution is 8.44. The van der Waals surface area contributed by atoms with Crippen LogP contribution in [0.3, 0.4) is 0 Å². The van der Waals surface area contributed by atoms with E-state index in [1.807, 2.05) is 12.2 Å². The predicted octanol–water partition coefficient (Wildman–Crippen LogP) is 1.47. The number of hydrogen-bond acceptors (Lipinski definition) is 18. The highest BCUT2D eigenvalue weighted by atomic mass is 32.7. The van der Waals surface area contributed by atoms with Crippen molar-refractivity contribution in [2.24, 2.45) is 0 Å². The highest BCUT2D eigenvalue weighted by Crippen LogP contribution is 2.60. The third-order valence-electron chi connectivity index (χ3n) is 8.15. The summed E-state index contributed by atoms with van der Waals surface area (Å²) < 4.78 is 65.3. The first-order valence-electron chi connectivity index (χ1n) is 14.5. The van der Waals surface area contributed by atoms with Crippen LogP contribution in [0.15, 0.2) is 37.5 Å². The fourth-order valence-electron chi connectivity index (χ4n) is 5.90. The maximum absolute atomic E-state index is 13.6. The number of ether oxygens (including phenoxy) is 2. The Hall–Kier alpha value is -2.72. The minimum absolute atomic E-state index is 0.298. The van der Waals surface area contributed by atoms with Gasteiger partial charge in [-0.25, -0.2) is 39.0 Å². The second kappa shape index (κ2) is 12.6. The second-order valence-electron chi connectivity index (χ2n) is 11.1. The molecule has 10 atom stereocenters. The van der Waals surface area contributed by atoms with E-state index in [2.05, 4.69) is 65.0 Å². The molecule has 14 bridgehead atoms. The molecule has 5 aliphatic rings. The number of aliphatic hydroxyl groups excluding tert-OH is 2. The first-order chi connectivity index (χ1) is 23.1. The van der Waals surface area contributed by atoms with E-state index in [4.69, 9.17) is 27.6 Å². The molecule has 0 saturated carbocycles. The van der Waals surface area contributed by atoms with Crippen molar-refractivity contribution >= 4 is 72.1 Å². The van der Waals surface area contributed by atoms with Crippen LogP contribution in [-0.2, 0) is 36.7 Å². The topological polar surface area (TPSA) is 241 Å². The number of aromatic nitrogens is 8. The number of rotatable bonds is 0. The van der Waals surface area contributed by atoms with Crippen LogP contribution >= 0.6 is 38.1 Å². The number of nitrogens with zero attached hydrogens (tertiary/aromatic N) is 8. The second-order valence-corrected chi connectivity index (χ2v) is 16.9. The van der Waals surface area contributed by atoms with E-state index in [-0.39, 0.29) is 0 Å². The molecule has 0 radical (unpaired) electrons. The molecular weight excluding hydrogens is 714 g/mol. The molecule has 4 aromatic heterocycles. The number of aliphatic hydroxyl groups is 2. The predicted molar refractivity (Wildman–Crippen MR) is 171 cm³/mol. The number of nitrogens with one attached hydrogen (secondary N) is 2. The van der Waals surface area contributed by atoms with Crippen molar-refractivity contribution in [1.82, 2.24) is 39.0 Å². The zero-order chi connectivity index (χ0) is 33.2. The van der Waals surface area contributed by atoms with Crippen LogP contribution in [0.4, 0.5) is 11.6 Å². The van der Waals surface area contributed by atoms with Gasteiger partial charge in [0, 0.05) is 13.1 Å². The third-order valence-corrected chi connectivity index (χ3v) is 11.4. The largest absolute Gasteiger partial charge is 0.387 e. The van der Waals surface area contributed by atoms with Gasteiger partial charge in [0.1, 0.15) is 49.3 Å². The molecule has 9 heterocycles. The first kappa shape index (κ1) is 32.5. The molecule has 5 aliphatic heterocycles. The molecule has 3 saturated heterocycles. The van der Waals surface area contributed by atoms with Crippen LogP contribution < -0.4 is 10.6 Å². The molecule has 0 spiro atoms. The molecule has 256 valence electrons. The van der Waals surface area contributed by atoms with E-state index in [0.717, 1.165) is 0 Å². The monoisotopic (exact) mass is 742 g/mol. The van der Waals surface area contributed by atoms with Crippen LogP contribution in [0, 0.1) is 0 Å². The Kier molecular flexibility index (Phi) is 8.50. The lowest BCUT2D eigenvalue weighted by atomic mass is 10.1. The average Bonchev–Trinajstić information content (AvgIpc) is 3.81. The third kappa shape index (κ3) is 5.92. The van der Waals surface area contributed by atoms with Gasteiger partial charge in [0.05, 0.1) is 25.9 Å². The molecule has 48 heavy (non-hydrogen) atoms. The summed E-state index contributed by atoms with van der Waals surface area (Å²) in [5, 5.41) is 29.1. The van der Waals surface area contributed by atoms with E-state index in [1.54, 1.807) is 0 Å². The van der Waals surface area contributed by atoms with Gasteiger partial charge in [-0.15, -0.1) is 0 Å². The number of thiol groups is 2. The maximum atomic E-state index is 13.6. The number of fused-ring (bicyclic) bond motifs is 10. The summed E-state index contributed by atoms with van der Waals surface area (Å²) in [6.45, 7) is -8.88. The van der Waals surface area contributed by atoms with Crippen molar-refractivity contribution in [3.63, 3.8) is 0 Å². The standard InChI is InChI=1S/C24H28N10O10P2S2/c35-15-11-5-39-46(38,48)44-18-16(36)12-6-40-45(37,47)43-17(15)23(41-11)33-9-31-13-19(27-7-29-21(13)33)25-3-1-2-4-26-20-14-22(30-8-28-20)34(10-32-14)24(18)42-12/h1-2,7-12,15-18,23-24,35-36H,3-6H2,(H,37,47)(H,38,48)(H,25,27,29)(H,26,28,30)/b2-1+/t11?,12?,15-,16-,17-,18-,23-,24-,45?,46?/m1/s1. The summed E-state index contributed by atoms with van der Waals surface area (Å²) in [6.07, 6.45) is -1.38. The minimum atomic E-state index is -4.30. The SMILES string of the molecule is O=P1(S)OCC2O[C@@H]3[C@H](OP(=O)(S)OCC4O[C@H]([C@H](O1)[C@@H]4O)n1cnc4c(ncnc41)NC/C=C/CNc1ncnc4c1ncn43)[C@@H]2O. The fraction of sp³-hybridized carbons (Fsp3) is 0.500. The Morgan fingerprint density at radius 3 is 1.58 bits per heavy atom. The van der Waals surface area contributed by atoms with Crippen molar-refractivity contribution in [2.75, 3.05) is 36.9 Å². The van der Waals surface area contributed by atoms with E-state index >= 15 is 0 Å². The minimum Gasteiger partial charge on any atom is -0.387 e. The van der Waals surface area contributed by atoms with Gasteiger partial charge >= 0.3 is 13.6 Å². The summed E-state index contributed by atoms with van der Waals surface area (Å²) in [5.74, 6) is 0.825. The number of hydrogen-bond donors (Lipinski definition) is 6.